The number of benzene rings is 2. The van der Waals surface area contributed by atoms with Crippen LogP contribution < -0.4 is 14.5 Å². The molecule has 0 aliphatic carbocycles. The second kappa shape index (κ2) is 12.4. The number of ether oxygens (including phenoxy) is 1. The Morgan fingerprint density at radius 1 is 1.17 bits per heavy atom. The van der Waals surface area contributed by atoms with E-state index in [2.05, 4.69) is 21.4 Å². The first-order valence-electron chi connectivity index (χ1n) is 14.1. The molecule has 11 heteroatoms. The molecular formula is C31H31AsFN7O2. The summed E-state index contributed by atoms with van der Waals surface area (Å²) in [5.74, 6) is 0.471. The summed E-state index contributed by atoms with van der Waals surface area (Å²) < 4.78 is 23.8. The molecule has 4 heterocycles. The number of para-hydroxylation sites is 1. The number of likely N-dealkylation sites (tertiary alicyclic amines) is 1. The van der Waals surface area contributed by atoms with E-state index < -0.39 is 5.82 Å². The summed E-state index contributed by atoms with van der Waals surface area (Å²) in [4.78, 5) is 24.2. The number of nitriles is 1. The fraction of sp³-hybridized carbons (Fsp3) is 0.323. The molecule has 214 valence electrons. The number of carbonyl (C=O) groups is 1. The number of nitrogens with zero attached hydrogens (tertiary/aromatic N) is 6. The quantitative estimate of drug-likeness (QED) is 0.191. The van der Waals surface area contributed by atoms with E-state index in [-0.39, 0.29) is 23.4 Å². The number of aromatic nitrogens is 4. The van der Waals surface area contributed by atoms with Gasteiger partial charge in [0.15, 0.2) is 0 Å². The average Bonchev–Trinajstić information content (AvgIpc) is 3.62. The van der Waals surface area contributed by atoms with Gasteiger partial charge in [0.1, 0.15) is 0 Å². The maximum atomic E-state index is 15.5. The molecule has 2 unspecified atom stereocenters. The van der Waals surface area contributed by atoms with Crippen molar-refractivity contribution >= 4 is 38.3 Å². The summed E-state index contributed by atoms with van der Waals surface area (Å²) in [6, 6.07) is 15.9. The zero-order chi connectivity index (χ0) is 29.1. The number of carbonyl (C=O) groups excluding carboxylic acids is 1. The zero-order valence-corrected chi connectivity index (χ0v) is 25.5. The van der Waals surface area contributed by atoms with E-state index in [0.717, 1.165) is 43.3 Å². The van der Waals surface area contributed by atoms with Gasteiger partial charge in [-0.1, -0.05) is 0 Å². The molecule has 0 radical (unpaired) electrons. The van der Waals surface area contributed by atoms with Crippen LogP contribution >= 0.6 is 0 Å². The summed E-state index contributed by atoms with van der Waals surface area (Å²) >= 11 is 1.30. The Hall–Kier alpha value is -4.06. The monoisotopic (exact) mass is 627 g/mol. The third-order valence-corrected chi connectivity index (χ3v) is 8.76. The Morgan fingerprint density at radius 2 is 2.02 bits per heavy atom. The summed E-state index contributed by atoms with van der Waals surface area (Å²) in [6.45, 7) is 2.70. The third-order valence-electron chi connectivity index (χ3n) is 7.84. The van der Waals surface area contributed by atoms with Gasteiger partial charge in [-0.25, -0.2) is 0 Å². The standard InChI is InChI=1S/C31H31AsFN7O2/c32-29-27-28(25-11-10-24(15-26(25)33)42-23-8-2-1-3-9-23)38-40(30(27)37-19-36-29)18-22-7-5-13-39(22)31(41)21(16-34)14-20-6-4-12-35-17-20/h1-3,8-11,14-15,19-20,22,35H,4-7,12-13,17-18,32H2/t20?,22-/m1/s1. The van der Waals surface area contributed by atoms with Crippen LogP contribution in [0.4, 0.5) is 4.39 Å². The molecule has 3 atom stereocenters. The van der Waals surface area contributed by atoms with Crippen molar-refractivity contribution in [3.05, 3.63) is 72.3 Å². The van der Waals surface area contributed by atoms with Crippen molar-refractivity contribution in [1.29, 1.82) is 5.26 Å². The Labute approximate surface area is 251 Å². The average molecular weight is 628 g/mol. The second-order valence-electron chi connectivity index (χ2n) is 10.6. The molecular weight excluding hydrogens is 596 g/mol. The molecule has 2 fully saturated rings. The zero-order valence-electron chi connectivity index (χ0n) is 23.0. The fourth-order valence-corrected chi connectivity index (χ4v) is 6.48. The Morgan fingerprint density at radius 3 is 2.79 bits per heavy atom. The van der Waals surface area contributed by atoms with Crippen LogP contribution in [0.3, 0.4) is 0 Å². The van der Waals surface area contributed by atoms with Crippen LogP contribution in [-0.4, -0.2) is 73.1 Å². The minimum atomic E-state index is -0.468. The van der Waals surface area contributed by atoms with Crippen LogP contribution in [0, 0.1) is 23.1 Å². The fourth-order valence-electron chi connectivity index (χ4n) is 5.78. The van der Waals surface area contributed by atoms with Gasteiger partial charge in [0.25, 0.3) is 0 Å². The summed E-state index contributed by atoms with van der Waals surface area (Å²) in [6.07, 6.45) is 6.92. The topological polar surface area (TPSA) is 109 Å². The van der Waals surface area contributed by atoms with E-state index in [4.69, 9.17) is 9.84 Å². The molecule has 9 nitrogen and oxygen atoms in total. The van der Waals surface area contributed by atoms with Crippen LogP contribution in [0.2, 0.25) is 0 Å². The number of fused-ring (bicyclic) bond motifs is 1. The van der Waals surface area contributed by atoms with Crippen LogP contribution in [0.25, 0.3) is 22.3 Å². The van der Waals surface area contributed by atoms with Crippen LogP contribution in [0.5, 0.6) is 11.5 Å². The molecule has 2 aliphatic heterocycles. The molecule has 2 aromatic heterocycles. The molecule has 0 saturated carbocycles. The van der Waals surface area contributed by atoms with Gasteiger partial charge < -0.3 is 5.32 Å². The Kier molecular flexibility index (Phi) is 8.31. The molecule has 2 aliphatic rings. The number of piperidine rings is 1. The van der Waals surface area contributed by atoms with Crippen molar-refractivity contribution in [3.8, 4) is 28.8 Å². The van der Waals surface area contributed by atoms with Crippen molar-refractivity contribution in [2.24, 2.45) is 5.92 Å². The SMILES string of the molecule is N#CC(=CC1CCCNC1)C(=O)N1CCC[C@@H]1Cn1nc(-c2ccc(Oc3ccccc3)cc2F)c2c([AsH2])ncnc21. The summed E-state index contributed by atoms with van der Waals surface area (Å²) in [5, 5.41) is 18.7. The molecule has 6 rings (SSSR count). The van der Waals surface area contributed by atoms with Crippen molar-refractivity contribution in [2.75, 3.05) is 19.6 Å². The predicted octanol–water partition coefficient (Wildman–Crippen LogP) is 3.12. The van der Waals surface area contributed by atoms with Crippen molar-refractivity contribution in [3.63, 3.8) is 0 Å². The van der Waals surface area contributed by atoms with E-state index in [1.165, 1.54) is 29.2 Å². The van der Waals surface area contributed by atoms with Crippen LogP contribution in [0.1, 0.15) is 25.7 Å². The number of amides is 1. The van der Waals surface area contributed by atoms with E-state index in [1.54, 1.807) is 21.7 Å². The van der Waals surface area contributed by atoms with Crippen molar-refractivity contribution < 1.29 is 13.9 Å². The maximum absolute atomic E-state index is 15.5. The van der Waals surface area contributed by atoms with Crippen LogP contribution in [0.15, 0.2) is 66.5 Å². The summed E-state index contributed by atoms with van der Waals surface area (Å²) in [7, 11) is 0. The number of hydrogen-bond donors (Lipinski definition) is 1. The van der Waals surface area contributed by atoms with E-state index in [9.17, 15) is 10.1 Å². The summed E-state index contributed by atoms with van der Waals surface area (Å²) in [5.41, 5.74) is 1.56. The van der Waals surface area contributed by atoms with E-state index in [1.807, 2.05) is 36.4 Å². The second-order valence-corrected chi connectivity index (χ2v) is 11.8. The minimum absolute atomic E-state index is 0.165. The Balaban J connectivity index is 1.28. The van der Waals surface area contributed by atoms with Gasteiger partial charge in [0.2, 0.25) is 0 Å². The Bertz CT molecular complexity index is 1680. The normalized spacial score (nSPS) is 19.2. The molecule has 1 amide bonds. The molecule has 0 spiro atoms. The van der Waals surface area contributed by atoms with Gasteiger partial charge in [-0.2, -0.15) is 0 Å². The third kappa shape index (κ3) is 5.80. The van der Waals surface area contributed by atoms with Crippen molar-refractivity contribution in [2.45, 2.75) is 38.3 Å². The molecule has 1 N–H and O–H groups in total. The molecule has 2 saturated heterocycles. The molecule has 0 bridgehead atoms. The number of hydrogen-bond acceptors (Lipinski definition) is 7. The van der Waals surface area contributed by atoms with E-state index >= 15 is 4.39 Å². The number of halogens is 1. The van der Waals surface area contributed by atoms with Gasteiger partial charge >= 0.3 is 234 Å². The number of rotatable bonds is 7. The first kappa shape index (κ1) is 28.1. The van der Waals surface area contributed by atoms with E-state index in [0.29, 0.717) is 46.9 Å². The molecule has 4 aromatic rings. The van der Waals surface area contributed by atoms with Crippen molar-refractivity contribution in [1.82, 2.24) is 30.0 Å². The van der Waals surface area contributed by atoms with Crippen LogP contribution in [-0.2, 0) is 11.3 Å². The predicted molar refractivity (Wildman–Crippen MR) is 159 cm³/mol. The van der Waals surface area contributed by atoms with Gasteiger partial charge in [0, 0.05) is 0 Å². The molecule has 2 aromatic carbocycles. The van der Waals surface area contributed by atoms with Gasteiger partial charge in [-0.3, -0.25) is 0 Å². The number of nitrogens with one attached hydrogen (secondary N) is 1. The van der Waals surface area contributed by atoms with Gasteiger partial charge in [-0.05, 0) is 13.0 Å². The van der Waals surface area contributed by atoms with Gasteiger partial charge in [-0.15, -0.1) is 0 Å². The molecule has 42 heavy (non-hydrogen) atoms. The first-order valence-corrected chi connectivity index (χ1v) is 15.4. The van der Waals surface area contributed by atoms with Gasteiger partial charge in [0.05, 0.1) is 0 Å². The first-order chi connectivity index (χ1) is 20.5.